The minimum absolute atomic E-state index is 0.0907. The van der Waals surface area contributed by atoms with Crippen LogP contribution in [0.4, 0.5) is 13.2 Å². The lowest BCUT2D eigenvalue weighted by Gasteiger charge is -2.08. The van der Waals surface area contributed by atoms with Crippen LogP contribution in [0.25, 0.3) is 5.65 Å². The molecule has 0 bridgehead atoms. The van der Waals surface area contributed by atoms with E-state index in [1.54, 1.807) is 12.3 Å². The van der Waals surface area contributed by atoms with Crippen molar-refractivity contribution in [1.29, 1.82) is 0 Å². The van der Waals surface area contributed by atoms with Gasteiger partial charge in [-0.2, -0.15) is 13.2 Å². The van der Waals surface area contributed by atoms with Crippen LogP contribution in [0.1, 0.15) is 11.3 Å². The molecule has 0 unspecified atom stereocenters. The van der Waals surface area contributed by atoms with E-state index in [0.29, 0.717) is 10.9 Å². The van der Waals surface area contributed by atoms with Crippen molar-refractivity contribution in [3.8, 4) is 0 Å². The third-order valence-electron chi connectivity index (χ3n) is 2.83. The standard InChI is InChI=1S/C13H8ClF3N4S/c14-10-5-8(13(15,16)17)6-21-11(10)19-20-12(21)22-7-9-3-1-2-4-18-9/h1-6H,7H2. The Morgan fingerprint density at radius 1 is 1.23 bits per heavy atom. The summed E-state index contributed by atoms with van der Waals surface area (Å²) in [4.78, 5) is 4.15. The van der Waals surface area contributed by atoms with E-state index in [1.165, 1.54) is 16.2 Å². The average Bonchev–Trinajstić information content (AvgIpc) is 2.89. The van der Waals surface area contributed by atoms with Gasteiger partial charge in [-0.3, -0.25) is 9.38 Å². The van der Waals surface area contributed by atoms with Crippen molar-refractivity contribution in [2.45, 2.75) is 17.1 Å². The first-order valence-electron chi connectivity index (χ1n) is 6.09. The first-order chi connectivity index (χ1) is 10.4. The molecule has 22 heavy (non-hydrogen) atoms. The number of nitrogens with zero attached hydrogens (tertiary/aromatic N) is 4. The molecule has 0 aromatic carbocycles. The van der Waals surface area contributed by atoms with Gasteiger partial charge in [-0.15, -0.1) is 10.2 Å². The van der Waals surface area contributed by atoms with E-state index in [2.05, 4.69) is 15.2 Å². The molecule has 3 aromatic rings. The third kappa shape index (κ3) is 3.02. The quantitative estimate of drug-likeness (QED) is 0.671. The van der Waals surface area contributed by atoms with Crippen LogP contribution in [-0.4, -0.2) is 19.6 Å². The lowest BCUT2D eigenvalue weighted by molar-refractivity contribution is -0.137. The molecule has 0 N–H and O–H groups in total. The summed E-state index contributed by atoms with van der Waals surface area (Å²) >= 11 is 7.09. The molecular weight excluding hydrogens is 337 g/mol. The van der Waals surface area contributed by atoms with Gasteiger partial charge >= 0.3 is 6.18 Å². The Morgan fingerprint density at radius 3 is 2.73 bits per heavy atom. The van der Waals surface area contributed by atoms with Crippen molar-refractivity contribution in [3.63, 3.8) is 0 Å². The van der Waals surface area contributed by atoms with Gasteiger partial charge in [-0.05, 0) is 18.2 Å². The summed E-state index contributed by atoms with van der Waals surface area (Å²) in [6.07, 6.45) is -1.89. The van der Waals surface area contributed by atoms with Gasteiger partial charge in [0.2, 0.25) is 0 Å². The van der Waals surface area contributed by atoms with Crippen LogP contribution in [0.15, 0.2) is 41.8 Å². The number of pyridine rings is 2. The van der Waals surface area contributed by atoms with Gasteiger partial charge in [0.1, 0.15) is 0 Å². The predicted molar refractivity (Wildman–Crippen MR) is 76.8 cm³/mol. The Morgan fingerprint density at radius 2 is 2.05 bits per heavy atom. The average molecular weight is 345 g/mol. The fourth-order valence-electron chi connectivity index (χ4n) is 1.81. The zero-order valence-corrected chi connectivity index (χ0v) is 12.5. The van der Waals surface area contributed by atoms with Crippen LogP contribution in [-0.2, 0) is 11.9 Å². The number of aromatic nitrogens is 4. The molecule has 0 atom stereocenters. The number of hydrogen-bond donors (Lipinski definition) is 0. The van der Waals surface area contributed by atoms with E-state index in [0.717, 1.165) is 18.0 Å². The van der Waals surface area contributed by atoms with Gasteiger partial charge in [-0.25, -0.2) is 0 Å². The molecule has 114 valence electrons. The zero-order chi connectivity index (χ0) is 15.7. The van der Waals surface area contributed by atoms with Crippen LogP contribution in [0.5, 0.6) is 0 Å². The Hall–Kier alpha value is -1.80. The van der Waals surface area contributed by atoms with E-state index in [4.69, 9.17) is 11.6 Å². The predicted octanol–water partition coefficient (Wildman–Crippen LogP) is 4.09. The molecular formula is C13H8ClF3N4S. The molecule has 0 spiro atoms. The van der Waals surface area contributed by atoms with Gasteiger partial charge < -0.3 is 0 Å². The highest BCUT2D eigenvalue weighted by Gasteiger charge is 2.32. The summed E-state index contributed by atoms with van der Waals surface area (Å²) in [5.41, 5.74) is 0.144. The summed E-state index contributed by atoms with van der Waals surface area (Å²) in [5, 5.41) is 7.95. The lowest BCUT2D eigenvalue weighted by Crippen LogP contribution is -2.07. The molecule has 0 amide bonds. The van der Waals surface area contributed by atoms with Crippen LogP contribution >= 0.6 is 23.4 Å². The molecule has 3 aromatic heterocycles. The largest absolute Gasteiger partial charge is 0.417 e. The second-order valence-electron chi connectivity index (χ2n) is 4.36. The summed E-state index contributed by atoms with van der Waals surface area (Å²) < 4.78 is 39.8. The van der Waals surface area contributed by atoms with Gasteiger partial charge in [-0.1, -0.05) is 29.4 Å². The molecule has 9 heteroatoms. The molecule has 0 aliphatic carbocycles. The number of halogens is 4. The molecule has 0 saturated carbocycles. The Balaban J connectivity index is 1.95. The first kappa shape index (κ1) is 15.1. The van der Waals surface area contributed by atoms with Gasteiger partial charge in [0, 0.05) is 18.1 Å². The van der Waals surface area contributed by atoms with Crippen molar-refractivity contribution in [3.05, 3.63) is 52.9 Å². The Kier molecular flexibility index (Phi) is 3.96. The van der Waals surface area contributed by atoms with Gasteiger partial charge in [0.05, 0.1) is 16.3 Å². The minimum Gasteiger partial charge on any atom is -0.276 e. The lowest BCUT2D eigenvalue weighted by atomic mass is 10.3. The molecule has 0 radical (unpaired) electrons. The number of fused-ring (bicyclic) bond motifs is 1. The van der Waals surface area contributed by atoms with E-state index in [9.17, 15) is 13.2 Å². The molecule has 0 fully saturated rings. The molecule has 4 nitrogen and oxygen atoms in total. The van der Waals surface area contributed by atoms with Crippen molar-refractivity contribution >= 4 is 29.0 Å². The molecule has 0 saturated heterocycles. The third-order valence-corrected chi connectivity index (χ3v) is 4.09. The van der Waals surface area contributed by atoms with Crippen molar-refractivity contribution in [2.24, 2.45) is 0 Å². The topological polar surface area (TPSA) is 43.1 Å². The number of thioether (sulfide) groups is 1. The first-order valence-corrected chi connectivity index (χ1v) is 7.45. The highest BCUT2D eigenvalue weighted by Crippen LogP contribution is 2.33. The Labute approximate surface area is 132 Å². The number of alkyl halides is 3. The van der Waals surface area contributed by atoms with Crippen molar-refractivity contribution < 1.29 is 13.2 Å². The fourth-order valence-corrected chi connectivity index (χ4v) is 2.88. The molecule has 3 rings (SSSR count). The van der Waals surface area contributed by atoms with Crippen molar-refractivity contribution in [2.75, 3.05) is 0 Å². The highest BCUT2D eigenvalue weighted by atomic mass is 35.5. The minimum atomic E-state index is -4.48. The summed E-state index contributed by atoms with van der Waals surface area (Å²) in [7, 11) is 0. The van der Waals surface area contributed by atoms with E-state index >= 15 is 0 Å². The molecule has 0 aliphatic rings. The summed E-state index contributed by atoms with van der Waals surface area (Å²) in [5.74, 6) is 0.468. The van der Waals surface area contributed by atoms with Gasteiger partial charge in [0.15, 0.2) is 10.8 Å². The molecule has 0 aliphatic heterocycles. The fraction of sp³-hybridized carbons (Fsp3) is 0.154. The summed E-state index contributed by atoms with van der Waals surface area (Å²) in [6, 6.07) is 6.29. The maximum atomic E-state index is 12.9. The monoisotopic (exact) mass is 344 g/mol. The number of rotatable bonds is 3. The van der Waals surface area contributed by atoms with E-state index in [-0.39, 0.29) is 10.7 Å². The second-order valence-corrected chi connectivity index (χ2v) is 5.71. The van der Waals surface area contributed by atoms with Crippen molar-refractivity contribution in [1.82, 2.24) is 19.6 Å². The second kappa shape index (κ2) is 5.77. The summed E-state index contributed by atoms with van der Waals surface area (Å²) in [6.45, 7) is 0. The van der Waals surface area contributed by atoms with Crippen LogP contribution in [0.2, 0.25) is 5.02 Å². The molecule has 3 heterocycles. The van der Waals surface area contributed by atoms with Crippen LogP contribution in [0.3, 0.4) is 0 Å². The normalized spacial score (nSPS) is 12.0. The van der Waals surface area contributed by atoms with Crippen LogP contribution < -0.4 is 0 Å². The van der Waals surface area contributed by atoms with E-state index < -0.39 is 11.7 Å². The zero-order valence-electron chi connectivity index (χ0n) is 10.9. The number of hydrogen-bond acceptors (Lipinski definition) is 4. The SMILES string of the molecule is FC(F)(F)c1cc(Cl)c2nnc(SCc3ccccn3)n2c1. The maximum Gasteiger partial charge on any atom is 0.417 e. The van der Waals surface area contributed by atoms with Gasteiger partial charge in [0.25, 0.3) is 0 Å². The van der Waals surface area contributed by atoms with E-state index in [1.807, 2.05) is 12.1 Å². The smallest absolute Gasteiger partial charge is 0.276 e. The Bertz CT molecular complexity index is 804. The van der Waals surface area contributed by atoms with Crippen LogP contribution in [0, 0.1) is 0 Å². The highest BCUT2D eigenvalue weighted by molar-refractivity contribution is 7.98. The maximum absolute atomic E-state index is 12.9.